The van der Waals surface area contributed by atoms with Gasteiger partial charge in [0.25, 0.3) is 0 Å². The quantitative estimate of drug-likeness (QED) is 0.757. The first kappa shape index (κ1) is 11.9. The normalized spacial score (nSPS) is 19.5. The van der Waals surface area contributed by atoms with Crippen LogP contribution in [-0.2, 0) is 11.2 Å². The SMILES string of the molecule is COc1cccc2c1C[C@H]1OC(=O)c3cc4c(c-2c31)OCO4. The summed E-state index contributed by atoms with van der Waals surface area (Å²) in [6.45, 7) is 0.171. The molecule has 0 spiro atoms. The third-order valence-electron chi connectivity index (χ3n) is 4.51. The highest BCUT2D eigenvalue weighted by Crippen LogP contribution is 2.55. The van der Waals surface area contributed by atoms with Crippen molar-refractivity contribution in [2.24, 2.45) is 0 Å². The van der Waals surface area contributed by atoms with E-state index in [1.165, 1.54) is 0 Å². The molecule has 0 aromatic heterocycles. The molecule has 0 bridgehead atoms. The van der Waals surface area contributed by atoms with Gasteiger partial charge in [-0.2, -0.15) is 0 Å². The molecule has 0 saturated carbocycles. The average molecular weight is 296 g/mol. The van der Waals surface area contributed by atoms with E-state index in [1.807, 2.05) is 18.2 Å². The minimum Gasteiger partial charge on any atom is -0.496 e. The standard InChI is InChI=1S/C17H12O5/c1-19-11-4-2-3-8-9(11)5-12-14-10(17(18)22-12)6-13-16(15(8)14)21-7-20-13/h2-4,6,12H,5,7H2,1H3/t12-/m1/s1. The van der Waals surface area contributed by atoms with Crippen molar-refractivity contribution in [2.45, 2.75) is 12.5 Å². The van der Waals surface area contributed by atoms with Gasteiger partial charge in [0.15, 0.2) is 11.5 Å². The molecule has 5 rings (SSSR count). The third kappa shape index (κ3) is 1.31. The zero-order chi connectivity index (χ0) is 14.8. The number of methoxy groups -OCH3 is 1. The van der Waals surface area contributed by atoms with E-state index >= 15 is 0 Å². The van der Waals surface area contributed by atoms with Crippen molar-refractivity contribution >= 4 is 5.97 Å². The van der Waals surface area contributed by atoms with E-state index in [0.29, 0.717) is 23.5 Å². The van der Waals surface area contributed by atoms with E-state index in [9.17, 15) is 4.79 Å². The van der Waals surface area contributed by atoms with Crippen LogP contribution in [0, 0.1) is 0 Å². The minimum atomic E-state index is -0.300. The Morgan fingerprint density at radius 2 is 2.14 bits per heavy atom. The van der Waals surface area contributed by atoms with Crippen LogP contribution in [-0.4, -0.2) is 19.9 Å². The number of carbonyl (C=O) groups is 1. The molecular formula is C17H12O5. The molecule has 1 aliphatic carbocycles. The molecule has 0 fully saturated rings. The highest BCUT2D eigenvalue weighted by molar-refractivity contribution is 6.00. The average Bonchev–Trinajstić information content (AvgIpc) is 3.12. The van der Waals surface area contributed by atoms with Crippen molar-refractivity contribution in [3.63, 3.8) is 0 Å². The van der Waals surface area contributed by atoms with Crippen LogP contribution in [0.4, 0.5) is 0 Å². The second kappa shape index (κ2) is 3.94. The van der Waals surface area contributed by atoms with Gasteiger partial charge in [0.05, 0.1) is 12.7 Å². The maximum Gasteiger partial charge on any atom is 0.339 e. The molecule has 1 atom stereocenters. The van der Waals surface area contributed by atoms with Gasteiger partial charge in [0, 0.05) is 23.1 Å². The molecule has 0 amide bonds. The van der Waals surface area contributed by atoms with Gasteiger partial charge in [-0.25, -0.2) is 4.79 Å². The summed E-state index contributed by atoms with van der Waals surface area (Å²) < 4.78 is 22.2. The number of hydrogen-bond acceptors (Lipinski definition) is 5. The van der Waals surface area contributed by atoms with Gasteiger partial charge < -0.3 is 18.9 Å². The van der Waals surface area contributed by atoms with Crippen molar-refractivity contribution in [3.8, 4) is 28.4 Å². The van der Waals surface area contributed by atoms with Crippen LogP contribution in [0.25, 0.3) is 11.1 Å². The van der Waals surface area contributed by atoms with Crippen LogP contribution in [0.2, 0.25) is 0 Å². The Morgan fingerprint density at radius 1 is 1.23 bits per heavy atom. The van der Waals surface area contributed by atoms with Crippen LogP contribution in [0.5, 0.6) is 17.2 Å². The number of benzene rings is 2. The summed E-state index contributed by atoms with van der Waals surface area (Å²) in [6, 6.07) is 7.61. The molecule has 2 aromatic carbocycles. The monoisotopic (exact) mass is 296 g/mol. The topological polar surface area (TPSA) is 54.0 Å². The first-order valence-corrected chi connectivity index (χ1v) is 7.11. The maximum absolute atomic E-state index is 12.2. The molecule has 2 heterocycles. The number of esters is 1. The molecule has 0 N–H and O–H groups in total. The molecule has 0 radical (unpaired) electrons. The second-order valence-corrected chi connectivity index (χ2v) is 5.53. The van der Waals surface area contributed by atoms with Gasteiger partial charge >= 0.3 is 5.97 Å². The van der Waals surface area contributed by atoms with Crippen LogP contribution in [0.3, 0.4) is 0 Å². The fourth-order valence-corrected chi connectivity index (χ4v) is 3.61. The summed E-state index contributed by atoms with van der Waals surface area (Å²) in [5.41, 5.74) is 4.45. The van der Waals surface area contributed by atoms with E-state index in [-0.39, 0.29) is 18.9 Å². The van der Waals surface area contributed by atoms with E-state index < -0.39 is 0 Å². The van der Waals surface area contributed by atoms with Crippen molar-refractivity contribution < 1.29 is 23.7 Å². The van der Waals surface area contributed by atoms with Gasteiger partial charge in [0.2, 0.25) is 6.79 Å². The number of rotatable bonds is 1. The van der Waals surface area contributed by atoms with E-state index in [2.05, 4.69) is 0 Å². The maximum atomic E-state index is 12.2. The lowest BCUT2D eigenvalue weighted by Gasteiger charge is -2.25. The molecule has 110 valence electrons. The zero-order valence-corrected chi connectivity index (χ0v) is 11.8. The highest BCUT2D eigenvalue weighted by atomic mass is 16.7. The molecule has 2 aromatic rings. The van der Waals surface area contributed by atoms with Crippen molar-refractivity contribution in [2.75, 3.05) is 13.9 Å². The Morgan fingerprint density at radius 3 is 3.00 bits per heavy atom. The molecule has 22 heavy (non-hydrogen) atoms. The van der Waals surface area contributed by atoms with Crippen LogP contribution in [0.1, 0.15) is 27.6 Å². The van der Waals surface area contributed by atoms with Crippen LogP contribution < -0.4 is 14.2 Å². The number of ether oxygens (including phenoxy) is 4. The summed E-state index contributed by atoms with van der Waals surface area (Å²) in [4.78, 5) is 12.2. The van der Waals surface area contributed by atoms with Crippen molar-refractivity contribution in [1.29, 1.82) is 0 Å². The lowest BCUT2D eigenvalue weighted by atomic mass is 9.81. The summed E-state index contributed by atoms with van der Waals surface area (Å²) in [7, 11) is 1.65. The van der Waals surface area contributed by atoms with Gasteiger partial charge in [-0.1, -0.05) is 12.1 Å². The Labute approximate surface area is 126 Å². The number of fused-ring (bicyclic) bond motifs is 4. The smallest absolute Gasteiger partial charge is 0.339 e. The number of hydrogen-bond donors (Lipinski definition) is 0. The number of carbonyl (C=O) groups excluding carboxylic acids is 1. The predicted octanol–water partition coefficient (Wildman–Crippen LogP) is 2.86. The summed E-state index contributed by atoms with van der Waals surface area (Å²) in [6.07, 6.45) is 0.334. The summed E-state index contributed by atoms with van der Waals surface area (Å²) in [5.74, 6) is 1.79. The lowest BCUT2D eigenvalue weighted by Crippen LogP contribution is -2.11. The van der Waals surface area contributed by atoms with Crippen molar-refractivity contribution in [3.05, 3.63) is 41.0 Å². The first-order chi connectivity index (χ1) is 10.8. The Kier molecular flexibility index (Phi) is 2.13. The fourth-order valence-electron chi connectivity index (χ4n) is 3.61. The molecule has 0 saturated heterocycles. The Balaban J connectivity index is 1.89. The van der Waals surface area contributed by atoms with Gasteiger partial charge in [-0.05, 0) is 17.7 Å². The van der Waals surface area contributed by atoms with E-state index in [0.717, 1.165) is 28.0 Å². The predicted molar refractivity (Wildman–Crippen MR) is 76.4 cm³/mol. The van der Waals surface area contributed by atoms with Gasteiger partial charge in [-0.3, -0.25) is 0 Å². The first-order valence-electron chi connectivity index (χ1n) is 7.11. The van der Waals surface area contributed by atoms with E-state index in [1.54, 1.807) is 13.2 Å². The summed E-state index contributed by atoms with van der Waals surface area (Å²) in [5, 5.41) is 0. The van der Waals surface area contributed by atoms with E-state index in [4.69, 9.17) is 18.9 Å². The molecule has 0 unspecified atom stereocenters. The fraction of sp³-hybridized carbons (Fsp3) is 0.235. The second-order valence-electron chi connectivity index (χ2n) is 5.53. The summed E-state index contributed by atoms with van der Waals surface area (Å²) >= 11 is 0. The van der Waals surface area contributed by atoms with Crippen LogP contribution >= 0.6 is 0 Å². The lowest BCUT2D eigenvalue weighted by molar-refractivity contribution is 0.0383. The van der Waals surface area contributed by atoms with Gasteiger partial charge in [-0.15, -0.1) is 0 Å². The zero-order valence-electron chi connectivity index (χ0n) is 11.8. The molecule has 2 aliphatic heterocycles. The third-order valence-corrected chi connectivity index (χ3v) is 4.51. The molecular weight excluding hydrogens is 284 g/mol. The highest BCUT2D eigenvalue weighted by Gasteiger charge is 2.42. The Hall–Kier alpha value is -2.69. The molecule has 5 nitrogen and oxygen atoms in total. The molecule has 5 heteroatoms. The van der Waals surface area contributed by atoms with Crippen LogP contribution in [0.15, 0.2) is 24.3 Å². The molecule has 3 aliphatic rings. The Bertz CT molecular complexity index is 839. The minimum absolute atomic E-state index is 0.171. The van der Waals surface area contributed by atoms with Gasteiger partial charge in [0.1, 0.15) is 11.9 Å². The van der Waals surface area contributed by atoms with Crippen molar-refractivity contribution in [1.82, 2.24) is 0 Å². The largest absolute Gasteiger partial charge is 0.496 e.